The minimum Gasteiger partial charge on any atom is -0.497 e. The summed E-state index contributed by atoms with van der Waals surface area (Å²) < 4.78 is 5.18. The van der Waals surface area contributed by atoms with Gasteiger partial charge in [0.2, 0.25) is 5.91 Å². The van der Waals surface area contributed by atoms with Crippen molar-refractivity contribution >= 4 is 22.9 Å². The number of hydrogen-bond donors (Lipinski definition) is 0. The molecule has 1 fully saturated rings. The van der Waals surface area contributed by atoms with Crippen molar-refractivity contribution in [3.8, 4) is 5.75 Å². The van der Waals surface area contributed by atoms with Gasteiger partial charge in [0.25, 0.3) is 0 Å². The number of amides is 1. The molecule has 0 unspecified atom stereocenters. The largest absolute Gasteiger partial charge is 0.497 e. The first-order valence-corrected chi connectivity index (χ1v) is 8.65. The summed E-state index contributed by atoms with van der Waals surface area (Å²) >= 11 is 1.81. The molecule has 0 aliphatic carbocycles. The van der Waals surface area contributed by atoms with Gasteiger partial charge in [-0.15, -0.1) is 11.3 Å². The summed E-state index contributed by atoms with van der Waals surface area (Å²) in [7, 11) is 1.65. The van der Waals surface area contributed by atoms with Gasteiger partial charge in [-0.2, -0.15) is 0 Å². The fraction of sp³-hybridized carbons (Fsp3) is 0.389. The van der Waals surface area contributed by atoms with E-state index in [1.165, 1.54) is 9.75 Å². The zero-order chi connectivity index (χ0) is 16.4. The van der Waals surface area contributed by atoms with Crippen molar-refractivity contribution < 1.29 is 9.53 Å². The number of nitrogens with zero attached hydrogens (tertiary/aromatic N) is 2. The van der Waals surface area contributed by atoms with Gasteiger partial charge < -0.3 is 9.64 Å². The van der Waals surface area contributed by atoms with E-state index >= 15 is 0 Å². The number of hydrogen-bond acceptors (Lipinski definition) is 4. The third-order valence-corrected chi connectivity index (χ3v) is 5.31. The Morgan fingerprint density at radius 2 is 1.91 bits per heavy atom. The van der Waals surface area contributed by atoms with Crippen LogP contribution < -0.4 is 9.64 Å². The second kappa shape index (κ2) is 6.72. The minimum absolute atomic E-state index is 0.103. The molecular formula is C18H22N2O2S. The highest BCUT2D eigenvalue weighted by atomic mass is 32.1. The number of ether oxygens (including phenoxy) is 1. The van der Waals surface area contributed by atoms with Gasteiger partial charge in [0.15, 0.2) is 0 Å². The van der Waals surface area contributed by atoms with Gasteiger partial charge in [0, 0.05) is 35.1 Å². The predicted octanol–water partition coefficient (Wildman–Crippen LogP) is 3.30. The second-order valence-electron chi connectivity index (χ2n) is 5.85. The lowest BCUT2D eigenvalue weighted by Gasteiger charge is -2.39. The normalized spacial score (nSPS) is 19.2. The number of rotatable bonds is 4. The van der Waals surface area contributed by atoms with Crippen molar-refractivity contribution in [1.82, 2.24) is 4.90 Å². The summed E-state index contributed by atoms with van der Waals surface area (Å²) in [6.07, 6.45) is 0. The maximum atomic E-state index is 12.7. The maximum Gasteiger partial charge on any atom is 0.244 e. The van der Waals surface area contributed by atoms with Crippen molar-refractivity contribution in [3.63, 3.8) is 0 Å². The molecule has 122 valence electrons. The molecule has 1 aliphatic rings. The van der Waals surface area contributed by atoms with Crippen LogP contribution in [0, 0.1) is 6.92 Å². The van der Waals surface area contributed by atoms with Gasteiger partial charge >= 0.3 is 0 Å². The monoisotopic (exact) mass is 330 g/mol. The molecule has 1 aromatic carbocycles. The van der Waals surface area contributed by atoms with Crippen LogP contribution in [0.1, 0.15) is 16.7 Å². The van der Waals surface area contributed by atoms with Crippen LogP contribution in [0.2, 0.25) is 0 Å². The highest BCUT2D eigenvalue weighted by Crippen LogP contribution is 2.25. The molecule has 2 heterocycles. The van der Waals surface area contributed by atoms with Crippen LogP contribution in [-0.4, -0.2) is 37.0 Å². The Kier molecular flexibility index (Phi) is 4.68. The van der Waals surface area contributed by atoms with Gasteiger partial charge in [-0.25, -0.2) is 0 Å². The van der Waals surface area contributed by atoms with Crippen molar-refractivity contribution in [3.05, 3.63) is 46.2 Å². The molecule has 0 radical (unpaired) electrons. The molecule has 23 heavy (non-hydrogen) atoms. The van der Waals surface area contributed by atoms with Gasteiger partial charge in [-0.3, -0.25) is 9.69 Å². The Labute approximate surface area is 141 Å². The number of piperazine rings is 1. The van der Waals surface area contributed by atoms with Crippen molar-refractivity contribution in [2.45, 2.75) is 26.4 Å². The number of carbonyl (C=O) groups excluding carboxylic acids is 1. The quantitative estimate of drug-likeness (QED) is 0.862. The molecule has 1 amide bonds. The number of methoxy groups -OCH3 is 1. The van der Waals surface area contributed by atoms with Crippen LogP contribution >= 0.6 is 11.3 Å². The zero-order valence-electron chi connectivity index (χ0n) is 13.8. The van der Waals surface area contributed by atoms with E-state index in [9.17, 15) is 4.79 Å². The van der Waals surface area contributed by atoms with E-state index in [2.05, 4.69) is 24.0 Å². The SMILES string of the molecule is COc1ccc(N2CCN(Cc3ccc(C)s3)[C@H](C)C2=O)cc1. The average Bonchev–Trinajstić information content (AvgIpc) is 2.97. The molecule has 0 saturated carbocycles. The van der Waals surface area contributed by atoms with E-state index in [1.54, 1.807) is 18.4 Å². The third kappa shape index (κ3) is 3.41. The molecule has 5 heteroatoms. The van der Waals surface area contributed by atoms with Gasteiger partial charge in [0.05, 0.1) is 13.2 Å². The first-order valence-electron chi connectivity index (χ1n) is 7.83. The Morgan fingerprint density at radius 3 is 2.52 bits per heavy atom. The van der Waals surface area contributed by atoms with E-state index in [-0.39, 0.29) is 11.9 Å². The molecule has 3 rings (SSSR count). The van der Waals surface area contributed by atoms with E-state index in [4.69, 9.17) is 4.74 Å². The van der Waals surface area contributed by atoms with E-state index < -0.39 is 0 Å². The molecule has 1 aromatic heterocycles. The second-order valence-corrected chi connectivity index (χ2v) is 7.22. The van der Waals surface area contributed by atoms with Crippen LogP contribution in [-0.2, 0) is 11.3 Å². The number of thiophene rings is 1. The van der Waals surface area contributed by atoms with Gasteiger partial charge in [0.1, 0.15) is 5.75 Å². The molecule has 2 aromatic rings. The fourth-order valence-electron chi connectivity index (χ4n) is 2.92. The molecule has 0 N–H and O–H groups in total. The Bertz CT molecular complexity index is 681. The van der Waals surface area contributed by atoms with Crippen LogP contribution in [0.3, 0.4) is 0 Å². The highest BCUT2D eigenvalue weighted by molar-refractivity contribution is 7.11. The van der Waals surface area contributed by atoms with E-state index in [0.29, 0.717) is 0 Å². The topological polar surface area (TPSA) is 32.8 Å². The lowest BCUT2D eigenvalue weighted by atomic mass is 10.1. The molecule has 4 nitrogen and oxygen atoms in total. The number of aryl methyl sites for hydroxylation is 1. The molecule has 1 aliphatic heterocycles. The summed E-state index contributed by atoms with van der Waals surface area (Å²) in [5.41, 5.74) is 0.939. The average molecular weight is 330 g/mol. The van der Waals surface area contributed by atoms with Crippen LogP contribution in [0.25, 0.3) is 0 Å². The summed E-state index contributed by atoms with van der Waals surface area (Å²) in [4.78, 5) is 19.5. The fourth-order valence-corrected chi connectivity index (χ4v) is 3.83. The standard InChI is InChI=1S/C18H22N2O2S/c1-13-4-9-17(23-13)12-19-10-11-20(18(21)14(19)2)15-5-7-16(22-3)8-6-15/h4-9,14H,10-12H2,1-3H3/t14-/m1/s1. The first-order chi connectivity index (χ1) is 11.1. The molecule has 1 saturated heterocycles. The molecule has 0 bridgehead atoms. The van der Waals surface area contributed by atoms with Gasteiger partial charge in [-0.1, -0.05) is 0 Å². The van der Waals surface area contributed by atoms with E-state index in [0.717, 1.165) is 31.1 Å². The predicted molar refractivity (Wildman–Crippen MR) is 94.3 cm³/mol. The Balaban J connectivity index is 1.70. The molecule has 1 atom stereocenters. The maximum absolute atomic E-state index is 12.7. The zero-order valence-corrected chi connectivity index (χ0v) is 14.6. The Morgan fingerprint density at radius 1 is 1.17 bits per heavy atom. The minimum atomic E-state index is -0.103. The van der Waals surface area contributed by atoms with Gasteiger partial charge in [-0.05, 0) is 50.2 Å². The number of carbonyl (C=O) groups is 1. The number of anilines is 1. The smallest absolute Gasteiger partial charge is 0.244 e. The number of benzene rings is 1. The lowest BCUT2D eigenvalue weighted by Crippen LogP contribution is -2.55. The lowest BCUT2D eigenvalue weighted by molar-refractivity contribution is -0.125. The first kappa shape index (κ1) is 16.0. The van der Waals surface area contributed by atoms with Crippen LogP contribution in [0.15, 0.2) is 36.4 Å². The molecular weight excluding hydrogens is 308 g/mol. The van der Waals surface area contributed by atoms with Crippen molar-refractivity contribution in [2.24, 2.45) is 0 Å². The van der Waals surface area contributed by atoms with Crippen LogP contribution in [0.4, 0.5) is 5.69 Å². The summed E-state index contributed by atoms with van der Waals surface area (Å²) in [5, 5.41) is 0. The van der Waals surface area contributed by atoms with E-state index in [1.807, 2.05) is 36.1 Å². The van der Waals surface area contributed by atoms with Crippen LogP contribution in [0.5, 0.6) is 5.75 Å². The van der Waals surface area contributed by atoms with Crippen molar-refractivity contribution in [2.75, 3.05) is 25.1 Å². The molecule has 0 spiro atoms. The summed E-state index contributed by atoms with van der Waals surface area (Å²) in [5.74, 6) is 0.968. The summed E-state index contributed by atoms with van der Waals surface area (Å²) in [6.45, 7) is 6.57. The highest BCUT2D eigenvalue weighted by Gasteiger charge is 2.32. The summed E-state index contributed by atoms with van der Waals surface area (Å²) in [6, 6.07) is 11.9. The third-order valence-electron chi connectivity index (χ3n) is 4.32. The Hall–Kier alpha value is -1.85. The van der Waals surface area contributed by atoms with Crippen molar-refractivity contribution in [1.29, 1.82) is 0 Å².